The average Bonchev–Trinajstić information content (AvgIpc) is 2.50. The van der Waals surface area contributed by atoms with Gasteiger partial charge in [0.1, 0.15) is 5.75 Å². The lowest BCUT2D eigenvalue weighted by Crippen LogP contribution is -2.48. The lowest BCUT2D eigenvalue weighted by Gasteiger charge is -2.34. The first-order valence-corrected chi connectivity index (χ1v) is 7.63. The van der Waals surface area contributed by atoms with Gasteiger partial charge in [-0.25, -0.2) is 0 Å². The smallest absolute Gasteiger partial charge is 0.257 e. The summed E-state index contributed by atoms with van der Waals surface area (Å²) in [4.78, 5) is 16.7. The largest absolute Gasteiger partial charge is 0.507 e. The number of nitrogens with zero attached hydrogens (tertiary/aromatic N) is 2. The van der Waals surface area contributed by atoms with Gasteiger partial charge in [0.05, 0.1) is 5.56 Å². The standard InChI is InChI=1S/C16H25N3O2/c1-13-5-4-6-14(15(13)20)16(21)19-11-9-18(10-12-19)8-3-2-7-17/h4-6,20H,2-3,7-12,17H2,1H3. The van der Waals surface area contributed by atoms with Crippen LogP contribution >= 0.6 is 0 Å². The van der Waals surface area contributed by atoms with Gasteiger partial charge in [0.25, 0.3) is 5.91 Å². The number of carbonyl (C=O) groups excluding carboxylic acids is 1. The number of hydrogen-bond acceptors (Lipinski definition) is 4. The number of rotatable bonds is 5. The molecule has 0 atom stereocenters. The number of aromatic hydroxyl groups is 1. The van der Waals surface area contributed by atoms with Crippen molar-refractivity contribution in [3.8, 4) is 5.75 Å². The molecular weight excluding hydrogens is 266 g/mol. The molecule has 0 saturated carbocycles. The fourth-order valence-corrected chi connectivity index (χ4v) is 2.66. The molecule has 3 N–H and O–H groups in total. The second-order valence-electron chi connectivity index (χ2n) is 5.60. The Balaban J connectivity index is 1.90. The van der Waals surface area contributed by atoms with E-state index >= 15 is 0 Å². The summed E-state index contributed by atoms with van der Waals surface area (Å²) in [5, 5.41) is 10.0. The van der Waals surface area contributed by atoms with Crippen molar-refractivity contribution in [2.75, 3.05) is 39.3 Å². The SMILES string of the molecule is Cc1cccc(C(=O)N2CCN(CCCCN)CC2)c1O. The Morgan fingerprint density at radius 2 is 1.95 bits per heavy atom. The van der Waals surface area contributed by atoms with Crippen LogP contribution in [-0.2, 0) is 0 Å². The molecule has 2 rings (SSSR count). The fourth-order valence-electron chi connectivity index (χ4n) is 2.66. The molecule has 0 aliphatic carbocycles. The van der Waals surface area contributed by atoms with Gasteiger partial charge in [0.15, 0.2) is 0 Å². The molecule has 1 heterocycles. The van der Waals surface area contributed by atoms with E-state index in [2.05, 4.69) is 4.90 Å². The summed E-state index contributed by atoms with van der Waals surface area (Å²) in [5.41, 5.74) is 6.65. The highest BCUT2D eigenvalue weighted by atomic mass is 16.3. The van der Waals surface area contributed by atoms with Gasteiger partial charge in [-0.05, 0) is 44.5 Å². The first-order chi connectivity index (χ1) is 10.1. The highest BCUT2D eigenvalue weighted by molar-refractivity contribution is 5.97. The molecule has 0 bridgehead atoms. The lowest BCUT2D eigenvalue weighted by molar-refractivity contribution is 0.0632. The Kier molecular flexibility index (Phi) is 5.59. The summed E-state index contributed by atoms with van der Waals surface area (Å²) in [6, 6.07) is 5.31. The molecule has 0 unspecified atom stereocenters. The second-order valence-corrected chi connectivity index (χ2v) is 5.60. The Bertz CT molecular complexity index is 482. The van der Waals surface area contributed by atoms with Crippen LogP contribution < -0.4 is 5.73 Å². The average molecular weight is 291 g/mol. The summed E-state index contributed by atoms with van der Waals surface area (Å²) in [7, 11) is 0. The highest BCUT2D eigenvalue weighted by Crippen LogP contribution is 2.23. The van der Waals surface area contributed by atoms with Gasteiger partial charge >= 0.3 is 0 Å². The molecule has 1 aromatic carbocycles. The van der Waals surface area contributed by atoms with E-state index in [4.69, 9.17) is 5.73 Å². The van der Waals surface area contributed by atoms with Crippen LogP contribution in [0.3, 0.4) is 0 Å². The molecule has 1 saturated heterocycles. The van der Waals surface area contributed by atoms with E-state index < -0.39 is 0 Å². The van der Waals surface area contributed by atoms with E-state index in [0.29, 0.717) is 5.56 Å². The van der Waals surface area contributed by atoms with Crippen LogP contribution in [0, 0.1) is 6.92 Å². The quantitative estimate of drug-likeness (QED) is 0.800. The van der Waals surface area contributed by atoms with Crippen LogP contribution in [0.1, 0.15) is 28.8 Å². The van der Waals surface area contributed by atoms with E-state index in [1.807, 2.05) is 24.0 Å². The van der Waals surface area contributed by atoms with Crippen molar-refractivity contribution in [3.63, 3.8) is 0 Å². The van der Waals surface area contributed by atoms with Crippen molar-refractivity contribution in [2.45, 2.75) is 19.8 Å². The third-order valence-electron chi connectivity index (χ3n) is 4.06. The molecule has 1 amide bonds. The van der Waals surface area contributed by atoms with Gasteiger partial charge in [0.2, 0.25) is 0 Å². The summed E-state index contributed by atoms with van der Waals surface area (Å²) in [6.07, 6.45) is 2.17. The fraction of sp³-hybridized carbons (Fsp3) is 0.562. The lowest BCUT2D eigenvalue weighted by atomic mass is 10.1. The molecule has 1 fully saturated rings. The molecule has 116 valence electrons. The first-order valence-electron chi connectivity index (χ1n) is 7.63. The van der Waals surface area contributed by atoms with Gasteiger partial charge in [-0.15, -0.1) is 0 Å². The molecule has 1 aliphatic heterocycles. The number of benzene rings is 1. The molecule has 5 nitrogen and oxygen atoms in total. The molecule has 1 aliphatic rings. The third kappa shape index (κ3) is 3.95. The van der Waals surface area contributed by atoms with Crippen molar-refractivity contribution < 1.29 is 9.90 Å². The maximum Gasteiger partial charge on any atom is 0.257 e. The Hall–Kier alpha value is -1.59. The number of hydrogen-bond donors (Lipinski definition) is 2. The molecule has 21 heavy (non-hydrogen) atoms. The maximum absolute atomic E-state index is 12.5. The van der Waals surface area contributed by atoms with Crippen LogP contribution in [0.4, 0.5) is 0 Å². The number of para-hydroxylation sites is 1. The van der Waals surface area contributed by atoms with E-state index in [0.717, 1.165) is 57.7 Å². The number of piperazine rings is 1. The van der Waals surface area contributed by atoms with E-state index in [1.165, 1.54) is 0 Å². The summed E-state index contributed by atoms with van der Waals surface area (Å²) < 4.78 is 0. The molecule has 0 radical (unpaired) electrons. The van der Waals surface area contributed by atoms with Crippen molar-refractivity contribution >= 4 is 5.91 Å². The predicted octanol–water partition coefficient (Wildman–Crippen LogP) is 1.20. The number of nitrogens with two attached hydrogens (primary N) is 1. The van der Waals surface area contributed by atoms with Crippen LogP contribution in [0.15, 0.2) is 18.2 Å². The number of phenols is 1. The monoisotopic (exact) mass is 291 g/mol. The topological polar surface area (TPSA) is 69.8 Å². The number of amides is 1. The van der Waals surface area contributed by atoms with Crippen molar-refractivity contribution in [1.82, 2.24) is 9.80 Å². The van der Waals surface area contributed by atoms with E-state index in [-0.39, 0.29) is 11.7 Å². The normalized spacial score (nSPS) is 16.2. The van der Waals surface area contributed by atoms with Crippen LogP contribution in [0.25, 0.3) is 0 Å². The van der Waals surface area contributed by atoms with Gasteiger partial charge in [-0.2, -0.15) is 0 Å². The minimum Gasteiger partial charge on any atom is -0.507 e. The highest BCUT2D eigenvalue weighted by Gasteiger charge is 2.23. The Morgan fingerprint density at radius 3 is 2.62 bits per heavy atom. The van der Waals surface area contributed by atoms with Crippen molar-refractivity contribution in [1.29, 1.82) is 0 Å². The Labute approximate surface area is 126 Å². The minimum atomic E-state index is -0.0715. The molecule has 1 aromatic rings. The third-order valence-corrected chi connectivity index (χ3v) is 4.06. The summed E-state index contributed by atoms with van der Waals surface area (Å²) >= 11 is 0. The Morgan fingerprint density at radius 1 is 1.24 bits per heavy atom. The second kappa shape index (κ2) is 7.43. The van der Waals surface area contributed by atoms with Crippen molar-refractivity contribution in [3.05, 3.63) is 29.3 Å². The zero-order valence-corrected chi connectivity index (χ0v) is 12.7. The number of unbranched alkanes of at least 4 members (excludes halogenated alkanes) is 1. The van der Waals surface area contributed by atoms with Gasteiger partial charge < -0.3 is 15.7 Å². The van der Waals surface area contributed by atoms with Crippen LogP contribution in [0.2, 0.25) is 0 Å². The van der Waals surface area contributed by atoms with Gasteiger partial charge in [-0.3, -0.25) is 9.69 Å². The molecule has 5 heteroatoms. The summed E-state index contributed by atoms with van der Waals surface area (Å²) in [6.45, 7) is 6.82. The van der Waals surface area contributed by atoms with Gasteiger partial charge in [-0.1, -0.05) is 12.1 Å². The number of phenolic OH excluding ortho intramolecular Hbond substituents is 1. The zero-order valence-electron chi connectivity index (χ0n) is 12.7. The number of carbonyl (C=O) groups is 1. The molecular formula is C16H25N3O2. The number of aryl methyl sites for hydroxylation is 1. The predicted molar refractivity (Wildman–Crippen MR) is 83.5 cm³/mol. The zero-order chi connectivity index (χ0) is 15.2. The van der Waals surface area contributed by atoms with Crippen LogP contribution in [0.5, 0.6) is 5.75 Å². The van der Waals surface area contributed by atoms with Gasteiger partial charge in [0, 0.05) is 26.2 Å². The molecule has 0 aromatic heterocycles. The maximum atomic E-state index is 12.5. The van der Waals surface area contributed by atoms with Crippen LogP contribution in [-0.4, -0.2) is 60.1 Å². The molecule has 0 spiro atoms. The first kappa shape index (κ1) is 15.8. The van der Waals surface area contributed by atoms with Crippen molar-refractivity contribution in [2.24, 2.45) is 5.73 Å². The minimum absolute atomic E-state index is 0.0715. The van der Waals surface area contributed by atoms with E-state index in [1.54, 1.807) is 6.07 Å². The van der Waals surface area contributed by atoms with E-state index in [9.17, 15) is 9.90 Å². The summed E-state index contributed by atoms with van der Waals surface area (Å²) in [5.74, 6) is 0.0330.